The van der Waals surface area contributed by atoms with E-state index >= 15 is 0 Å². The zero-order valence-electron chi connectivity index (χ0n) is 20.5. The summed E-state index contributed by atoms with van der Waals surface area (Å²) in [5, 5.41) is 16.2. The summed E-state index contributed by atoms with van der Waals surface area (Å²) in [6.45, 7) is 2.06. The predicted octanol–water partition coefficient (Wildman–Crippen LogP) is 4.27. The molecule has 4 atom stereocenters. The van der Waals surface area contributed by atoms with Crippen molar-refractivity contribution < 1.29 is 12.8 Å². The molecule has 194 valence electrons. The van der Waals surface area contributed by atoms with Crippen LogP contribution in [0.4, 0.5) is 4.39 Å². The van der Waals surface area contributed by atoms with Gasteiger partial charge in [0.05, 0.1) is 23.7 Å². The number of benzene rings is 1. The highest BCUT2D eigenvalue weighted by molar-refractivity contribution is 7.88. The summed E-state index contributed by atoms with van der Waals surface area (Å²) in [7, 11) is -3.44. The predicted molar refractivity (Wildman–Crippen MR) is 144 cm³/mol. The third kappa shape index (κ3) is 5.61. The first-order valence-electron chi connectivity index (χ1n) is 12.1. The second-order valence-electron chi connectivity index (χ2n) is 9.50. The van der Waals surface area contributed by atoms with Crippen molar-refractivity contribution in [1.82, 2.24) is 24.7 Å². The lowest BCUT2D eigenvalue weighted by Gasteiger charge is -2.31. The maximum Gasteiger partial charge on any atom is 0.208 e. The largest absolute Gasteiger partial charge is 0.279 e. The highest BCUT2D eigenvalue weighted by Crippen LogP contribution is 2.36. The minimum Gasteiger partial charge on any atom is -0.279 e. The molecule has 2 aromatic rings. The van der Waals surface area contributed by atoms with Crippen LogP contribution in [0.3, 0.4) is 0 Å². The first-order chi connectivity index (χ1) is 17.7. The Morgan fingerprint density at radius 2 is 2.00 bits per heavy atom. The van der Waals surface area contributed by atoms with Crippen LogP contribution >= 0.6 is 11.6 Å². The van der Waals surface area contributed by atoms with Crippen molar-refractivity contribution in [2.24, 2.45) is 16.9 Å². The van der Waals surface area contributed by atoms with Crippen LogP contribution in [0.2, 0.25) is 0 Å². The second-order valence-corrected chi connectivity index (χ2v) is 11.8. The zero-order valence-corrected chi connectivity index (χ0v) is 22.1. The lowest BCUT2D eigenvalue weighted by Crippen LogP contribution is -2.39. The van der Waals surface area contributed by atoms with E-state index in [1.807, 2.05) is 35.4 Å². The summed E-state index contributed by atoms with van der Waals surface area (Å²) in [5.74, 6) is -0.254. The van der Waals surface area contributed by atoms with E-state index in [2.05, 4.69) is 40.2 Å². The van der Waals surface area contributed by atoms with Crippen LogP contribution < -0.4 is 4.72 Å². The molecule has 0 saturated carbocycles. The van der Waals surface area contributed by atoms with Gasteiger partial charge in [-0.05, 0) is 31.6 Å². The molecule has 3 aliphatic rings. The Labute approximate surface area is 220 Å². The molecule has 0 radical (unpaired) electrons. The van der Waals surface area contributed by atoms with Crippen molar-refractivity contribution >= 4 is 38.5 Å². The molecule has 11 heteroatoms. The molecular weight excluding hydrogens is 515 g/mol. The van der Waals surface area contributed by atoms with E-state index in [-0.39, 0.29) is 30.8 Å². The molecular formula is C26H28ClFN6O2S. The van der Waals surface area contributed by atoms with Gasteiger partial charge in [-0.25, -0.2) is 17.5 Å². The number of nitrogens with zero attached hydrogens (tertiary/aromatic N) is 5. The minimum atomic E-state index is -3.44. The third-order valence-electron chi connectivity index (χ3n) is 6.59. The Kier molecular flexibility index (Phi) is 7.15. The summed E-state index contributed by atoms with van der Waals surface area (Å²) >= 11 is 6.87. The topological polar surface area (TPSA) is 92.5 Å². The number of fused-ring (bicyclic) bond motifs is 2. The SMILES string of the molecule is CC1=CC2C(n3nnc4ccccc43)=NN(C3C=CCC(F)=CC(CNS(C)(=O)=O)C=C3Cl)C2CC=C1. The third-order valence-corrected chi connectivity index (χ3v) is 7.63. The first-order valence-corrected chi connectivity index (χ1v) is 14.3. The van der Waals surface area contributed by atoms with Crippen molar-refractivity contribution in [3.63, 3.8) is 0 Å². The molecule has 0 saturated heterocycles. The molecule has 2 heterocycles. The standard InChI is InChI=1S/C26H28ClFN6O2S/c1-17-7-5-11-23-20(13-17)26(34-25-10-4-3-9-22(25)30-32-34)31-33(23)24-12-6-8-19(28)14-18(15-21(24)27)16-29-37(2,35)36/h3-7,9-10,12-15,18,20,23-24,29H,8,11,16H2,1-2H3. The normalized spacial score (nSPS) is 26.4. The minimum absolute atomic E-state index is 0.00534. The van der Waals surface area contributed by atoms with Crippen molar-refractivity contribution in [3.05, 3.63) is 83.2 Å². The number of nitrogens with one attached hydrogen (secondary N) is 1. The number of para-hydroxylation sites is 1. The summed E-state index contributed by atoms with van der Waals surface area (Å²) in [6, 6.07) is 7.20. The fraction of sp³-hybridized carbons (Fsp3) is 0.346. The van der Waals surface area contributed by atoms with E-state index in [4.69, 9.17) is 16.7 Å². The van der Waals surface area contributed by atoms with Gasteiger partial charge >= 0.3 is 0 Å². The van der Waals surface area contributed by atoms with Gasteiger partial charge in [0.1, 0.15) is 17.4 Å². The molecule has 1 N–H and O–H groups in total. The lowest BCUT2D eigenvalue weighted by molar-refractivity contribution is 0.198. The average Bonchev–Trinajstić information content (AvgIpc) is 3.36. The monoisotopic (exact) mass is 542 g/mol. The fourth-order valence-electron chi connectivity index (χ4n) is 4.89. The van der Waals surface area contributed by atoms with E-state index in [0.717, 1.165) is 35.1 Å². The van der Waals surface area contributed by atoms with Gasteiger partial charge in [-0.3, -0.25) is 5.01 Å². The number of hydrogen-bond acceptors (Lipinski definition) is 6. The maximum atomic E-state index is 14.6. The van der Waals surface area contributed by atoms with E-state index in [0.29, 0.717) is 5.03 Å². The first kappa shape index (κ1) is 25.6. The van der Waals surface area contributed by atoms with Gasteiger partial charge in [0.25, 0.3) is 0 Å². The lowest BCUT2D eigenvalue weighted by atomic mass is 9.95. The molecule has 37 heavy (non-hydrogen) atoms. The van der Waals surface area contributed by atoms with Crippen LogP contribution in [0.15, 0.2) is 88.3 Å². The van der Waals surface area contributed by atoms with Crippen LogP contribution in [-0.2, 0) is 10.0 Å². The van der Waals surface area contributed by atoms with Crippen molar-refractivity contribution in [2.75, 3.05) is 12.8 Å². The van der Waals surface area contributed by atoms with E-state index in [1.54, 1.807) is 16.8 Å². The molecule has 2 aliphatic carbocycles. The molecule has 1 aromatic heterocycles. The number of rotatable bonds is 4. The summed E-state index contributed by atoms with van der Waals surface area (Å²) in [5.41, 5.74) is 2.75. The van der Waals surface area contributed by atoms with Crippen LogP contribution in [0, 0.1) is 11.8 Å². The number of halogens is 2. The maximum absolute atomic E-state index is 14.6. The summed E-state index contributed by atoms with van der Waals surface area (Å²) < 4.78 is 42.1. The second kappa shape index (κ2) is 10.4. The van der Waals surface area contributed by atoms with E-state index in [9.17, 15) is 12.8 Å². The number of aromatic nitrogens is 3. The van der Waals surface area contributed by atoms with Gasteiger partial charge < -0.3 is 0 Å². The molecule has 8 nitrogen and oxygen atoms in total. The molecule has 4 unspecified atom stereocenters. The van der Waals surface area contributed by atoms with Gasteiger partial charge in [0.2, 0.25) is 10.0 Å². The van der Waals surface area contributed by atoms with Gasteiger partial charge in [-0.2, -0.15) is 9.78 Å². The number of hydrazone groups is 1. The molecule has 5 rings (SSSR count). The summed E-state index contributed by atoms with van der Waals surface area (Å²) in [4.78, 5) is 0. The van der Waals surface area contributed by atoms with Gasteiger partial charge in [0.15, 0.2) is 5.84 Å². The molecule has 0 amide bonds. The van der Waals surface area contributed by atoms with Crippen LogP contribution in [0.5, 0.6) is 0 Å². The molecule has 1 aromatic carbocycles. The number of sulfonamides is 1. The highest BCUT2D eigenvalue weighted by Gasteiger charge is 2.41. The molecule has 0 fully saturated rings. The highest BCUT2D eigenvalue weighted by atomic mass is 35.5. The van der Waals surface area contributed by atoms with Crippen molar-refractivity contribution in [1.29, 1.82) is 0 Å². The number of hydrogen-bond donors (Lipinski definition) is 1. The fourth-order valence-corrected chi connectivity index (χ4v) is 5.72. The quantitative estimate of drug-likeness (QED) is 0.582. The van der Waals surface area contributed by atoms with Crippen LogP contribution in [-0.4, -0.2) is 59.1 Å². The zero-order chi connectivity index (χ0) is 26.2. The Bertz CT molecular complexity index is 1490. The molecule has 1 aliphatic heterocycles. The summed E-state index contributed by atoms with van der Waals surface area (Å²) in [6.07, 6.45) is 15.0. The van der Waals surface area contributed by atoms with Crippen LogP contribution in [0.25, 0.3) is 11.0 Å². The van der Waals surface area contributed by atoms with E-state index < -0.39 is 22.0 Å². The van der Waals surface area contributed by atoms with Crippen molar-refractivity contribution in [2.45, 2.75) is 31.8 Å². The van der Waals surface area contributed by atoms with Gasteiger partial charge in [-0.15, -0.1) is 5.10 Å². The molecule has 0 bridgehead atoms. The smallest absolute Gasteiger partial charge is 0.208 e. The Morgan fingerprint density at radius 1 is 1.19 bits per heavy atom. The average molecular weight is 543 g/mol. The van der Waals surface area contributed by atoms with Gasteiger partial charge in [-0.1, -0.05) is 71.0 Å². The molecule has 0 spiro atoms. The van der Waals surface area contributed by atoms with Gasteiger partial charge in [0, 0.05) is 23.9 Å². The van der Waals surface area contributed by atoms with Crippen LogP contribution in [0.1, 0.15) is 19.8 Å². The number of allylic oxidation sites excluding steroid dienone is 4. The van der Waals surface area contributed by atoms with Crippen molar-refractivity contribution in [3.8, 4) is 0 Å². The van der Waals surface area contributed by atoms with E-state index in [1.165, 1.54) is 6.08 Å². The Hall–Kier alpha value is -3.08. The Balaban J connectivity index is 1.56. The Morgan fingerprint density at radius 3 is 2.81 bits per heavy atom.